The maximum absolute atomic E-state index is 12.6. The van der Waals surface area contributed by atoms with E-state index >= 15 is 0 Å². The molecule has 0 saturated heterocycles. The number of hydrogen-bond acceptors (Lipinski definition) is 2. The van der Waals surface area contributed by atoms with Gasteiger partial charge in [-0.05, 0) is 24.1 Å². The van der Waals surface area contributed by atoms with Crippen molar-refractivity contribution in [1.82, 2.24) is 4.72 Å². The lowest BCUT2D eigenvalue weighted by atomic mass is 10.0. The van der Waals surface area contributed by atoms with Gasteiger partial charge in [0.05, 0.1) is 11.8 Å². The van der Waals surface area contributed by atoms with Crippen molar-refractivity contribution < 1.29 is 21.6 Å². The molecule has 0 bridgehead atoms. The minimum Gasteiger partial charge on any atom is -0.213 e. The van der Waals surface area contributed by atoms with Crippen molar-refractivity contribution in [2.45, 2.75) is 19.6 Å². The molecule has 0 atom stereocenters. The largest absolute Gasteiger partial charge is 0.416 e. The molecular weight excluding hydrogens is 255 g/mol. The molecule has 0 amide bonds. The van der Waals surface area contributed by atoms with Crippen molar-refractivity contribution in [2.75, 3.05) is 6.26 Å². The van der Waals surface area contributed by atoms with Gasteiger partial charge >= 0.3 is 6.18 Å². The van der Waals surface area contributed by atoms with Crippen molar-refractivity contribution in [2.24, 2.45) is 0 Å². The number of aryl methyl sites for hydroxylation is 1. The highest BCUT2D eigenvalue weighted by Gasteiger charge is 2.32. The van der Waals surface area contributed by atoms with Gasteiger partial charge in [0.25, 0.3) is 0 Å². The average molecular weight is 267 g/mol. The Morgan fingerprint density at radius 3 is 2.35 bits per heavy atom. The first kappa shape index (κ1) is 14.0. The lowest BCUT2D eigenvalue weighted by Crippen LogP contribution is -2.21. The lowest BCUT2D eigenvalue weighted by molar-refractivity contribution is -0.138. The molecule has 0 aromatic heterocycles. The molecule has 7 heteroatoms. The van der Waals surface area contributed by atoms with Gasteiger partial charge in [-0.2, -0.15) is 13.2 Å². The fourth-order valence-corrected chi connectivity index (χ4v) is 1.73. The Hall–Kier alpha value is -1.08. The summed E-state index contributed by atoms with van der Waals surface area (Å²) in [7, 11) is -3.41. The van der Waals surface area contributed by atoms with Gasteiger partial charge in [0, 0.05) is 6.54 Å². The first-order valence-electron chi connectivity index (χ1n) is 4.71. The summed E-state index contributed by atoms with van der Waals surface area (Å²) in [5, 5.41) is 0. The van der Waals surface area contributed by atoms with Crippen molar-refractivity contribution >= 4 is 10.0 Å². The highest BCUT2D eigenvalue weighted by molar-refractivity contribution is 7.88. The van der Waals surface area contributed by atoms with Gasteiger partial charge < -0.3 is 0 Å². The third kappa shape index (κ3) is 4.35. The molecule has 96 valence electrons. The van der Waals surface area contributed by atoms with Crippen LogP contribution in [0, 0.1) is 6.92 Å². The molecule has 17 heavy (non-hydrogen) atoms. The van der Waals surface area contributed by atoms with E-state index in [1.54, 1.807) is 0 Å². The molecule has 0 aliphatic rings. The molecule has 0 aliphatic heterocycles. The summed E-state index contributed by atoms with van der Waals surface area (Å²) in [5.74, 6) is 0. The van der Waals surface area contributed by atoms with E-state index in [1.807, 2.05) is 0 Å². The molecule has 0 radical (unpaired) electrons. The molecule has 0 saturated carbocycles. The second-order valence-electron chi connectivity index (χ2n) is 3.74. The quantitative estimate of drug-likeness (QED) is 0.911. The van der Waals surface area contributed by atoms with Gasteiger partial charge in [-0.25, -0.2) is 13.1 Å². The summed E-state index contributed by atoms with van der Waals surface area (Å²) in [4.78, 5) is 0. The second kappa shape index (κ2) is 4.66. The molecule has 1 aromatic carbocycles. The van der Waals surface area contributed by atoms with E-state index in [0.29, 0.717) is 0 Å². The molecule has 3 nitrogen and oxygen atoms in total. The van der Waals surface area contributed by atoms with Gasteiger partial charge in [-0.3, -0.25) is 0 Å². The summed E-state index contributed by atoms with van der Waals surface area (Å²) >= 11 is 0. The summed E-state index contributed by atoms with van der Waals surface area (Å²) in [6.07, 6.45) is -3.48. The molecule has 1 rings (SSSR count). The van der Waals surface area contributed by atoms with Gasteiger partial charge in [-0.15, -0.1) is 0 Å². The standard InChI is InChI=1S/C10H12F3NO2S/c1-7-3-4-8(6-14-17(2,15)16)5-9(7)10(11,12)13/h3-5,14H,6H2,1-2H3. The number of benzene rings is 1. The van der Waals surface area contributed by atoms with Crippen LogP contribution in [0.2, 0.25) is 0 Å². The number of sulfonamides is 1. The van der Waals surface area contributed by atoms with E-state index in [4.69, 9.17) is 0 Å². The van der Waals surface area contributed by atoms with E-state index in [-0.39, 0.29) is 17.7 Å². The normalized spacial score (nSPS) is 12.8. The Morgan fingerprint density at radius 2 is 1.88 bits per heavy atom. The minimum absolute atomic E-state index is 0.112. The van der Waals surface area contributed by atoms with Crippen LogP contribution in [0.4, 0.5) is 13.2 Å². The number of nitrogens with one attached hydrogen (secondary N) is 1. The van der Waals surface area contributed by atoms with Crippen molar-refractivity contribution in [3.8, 4) is 0 Å². The number of alkyl halides is 3. The SMILES string of the molecule is Cc1ccc(CNS(C)(=O)=O)cc1C(F)(F)F. The fourth-order valence-electron chi connectivity index (χ4n) is 1.30. The molecule has 1 N–H and O–H groups in total. The molecule has 0 unspecified atom stereocenters. The van der Waals surface area contributed by atoms with Gasteiger partial charge in [-0.1, -0.05) is 12.1 Å². The van der Waals surface area contributed by atoms with Crippen molar-refractivity contribution in [3.05, 3.63) is 34.9 Å². The Labute approximate surface area is 97.7 Å². The molecule has 0 aliphatic carbocycles. The van der Waals surface area contributed by atoms with Crippen molar-refractivity contribution in [3.63, 3.8) is 0 Å². The molecule has 0 heterocycles. The van der Waals surface area contributed by atoms with Crippen LogP contribution < -0.4 is 4.72 Å². The highest BCUT2D eigenvalue weighted by atomic mass is 32.2. The van der Waals surface area contributed by atoms with Gasteiger partial charge in [0.2, 0.25) is 10.0 Å². The van der Waals surface area contributed by atoms with E-state index in [1.165, 1.54) is 19.1 Å². The molecule has 1 aromatic rings. The Balaban J connectivity index is 2.98. The van der Waals surface area contributed by atoms with Crippen LogP contribution in [0.3, 0.4) is 0 Å². The Kier molecular flexibility index (Phi) is 3.83. The smallest absolute Gasteiger partial charge is 0.213 e. The maximum Gasteiger partial charge on any atom is 0.416 e. The second-order valence-corrected chi connectivity index (χ2v) is 5.57. The van der Waals surface area contributed by atoms with Crippen LogP contribution in [0.5, 0.6) is 0 Å². The van der Waals surface area contributed by atoms with E-state index < -0.39 is 21.8 Å². The summed E-state index contributed by atoms with van der Waals surface area (Å²) < 4.78 is 61.5. The predicted octanol–water partition coefficient (Wildman–Crippen LogP) is 2.06. The van der Waals surface area contributed by atoms with Crippen molar-refractivity contribution in [1.29, 1.82) is 0 Å². The number of hydrogen-bond donors (Lipinski definition) is 1. The maximum atomic E-state index is 12.6. The third-order valence-electron chi connectivity index (χ3n) is 2.15. The summed E-state index contributed by atoms with van der Waals surface area (Å²) in [5.41, 5.74) is -0.362. The molecule has 0 fully saturated rings. The zero-order valence-electron chi connectivity index (χ0n) is 9.30. The van der Waals surface area contributed by atoms with Crippen LogP contribution in [0.1, 0.15) is 16.7 Å². The number of rotatable bonds is 3. The lowest BCUT2D eigenvalue weighted by Gasteiger charge is -2.12. The van der Waals surface area contributed by atoms with Crippen LogP contribution in [0.15, 0.2) is 18.2 Å². The first-order chi connectivity index (χ1) is 7.59. The summed E-state index contributed by atoms with van der Waals surface area (Å²) in [6, 6.07) is 3.73. The zero-order valence-corrected chi connectivity index (χ0v) is 10.1. The van der Waals surface area contributed by atoms with Crippen LogP contribution in [-0.2, 0) is 22.7 Å². The van der Waals surface area contributed by atoms with E-state index in [2.05, 4.69) is 4.72 Å². The highest BCUT2D eigenvalue weighted by Crippen LogP contribution is 2.32. The minimum atomic E-state index is -4.43. The van der Waals surface area contributed by atoms with Crippen LogP contribution >= 0.6 is 0 Å². The van der Waals surface area contributed by atoms with E-state index in [9.17, 15) is 21.6 Å². The fraction of sp³-hybridized carbons (Fsp3) is 0.400. The topological polar surface area (TPSA) is 46.2 Å². The average Bonchev–Trinajstić information content (AvgIpc) is 2.13. The zero-order chi connectivity index (χ0) is 13.3. The first-order valence-corrected chi connectivity index (χ1v) is 6.60. The van der Waals surface area contributed by atoms with Gasteiger partial charge in [0.1, 0.15) is 0 Å². The predicted molar refractivity (Wildman–Crippen MR) is 57.9 cm³/mol. The Morgan fingerprint density at radius 1 is 1.29 bits per heavy atom. The van der Waals surface area contributed by atoms with Crippen LogP contribution in [0.25, 0.3) is 0 Å². The monoisotopic (exact) mass is 267 g/mol. The van der Waals surface area contributed by atoms with Gasteiger partial charge in [0.15, 0.2) is 0 Å². The van der Waals surface area contributed by atoms with E-state index in [0.717, 1.165) is 12.3 Å². The van der Waals surface area contributed by atoms with Crippen LogP contribution in [-0.4, -0.2) is 14.7 Å². The Bertz CT molecular complexity index is 509. The summed E-state index contributed by atoms with van der Waals surface area (Å²) in [6.45, 7) is 1.21. The molecule has 0 spiro atoms. The molecular formula is C10H12F3NO2S. The number of halogens is 3. The third-order valence-corrected chi connectivity index (χ3v) is 2.81.